The Kier molecular flexibility index (Phi) is 5.71. The van der Waals surface area contributed by atoms with Gasteiger partial charge >= 0.3 is 0 Å². The van der Waals surface area contributed by atoms with Crippen molar-refractivity contribution in [1.29, 1.82) is 0 Å². The molecule has 1 atom stereocenters. The zero-order chi connectivity index (χ0) is 22.1. The Morgan fingerprint density at radius 2 is 1.97 bits per heavy atom. The van der Waals surface area contributed by atoms with Gasteiger partial charge in [-0.1, -0.05) is 28.1 Å². The second-order valence-corrected chi connectivity index (χ2v) is 8.87. The predicted octanol–water partition coefficient (Wildman–Crippen LogP) is 4.45. The predicted molar refractivity (Wildman–Crippen MR) is 130 cm³/mol. The molecule has 0 saturated carbocycles. The topological polar surface area (TPSA) is 101 Å². The van der Waals surface area contributed by atoms with Crippen LogP contribution in [-0.4, -0.2) is 44.2 Å². The molecular weight excluding hydrogens is 468 g/mol. The summed E-state index contributed by atoms with van der Waals surface area (Å²) in [6.07, 6.45) is 6.52. The smallest absolute Gasteiger partial charge is 0.165 e. The van der Waals surface area contributed by atoms with Crippen molar-refractivity contribution in [2.45, 2.75) is 25.3 Å². The standard InChI is InChI=1S/C24H23BrN6O/c25-17-5-3-4-15(10-17)19-11-20(30-24-22(19)23(26)28-14-29-24)16-7-8-21(27-12-16)31-9-2-1-6-18(31)13-32/h3-5,7-8,10-12,14,18,32H,1-2,6,9,13H2,(H2,26,28,29,30). The minimum absolute atomic E-state index is 0.128. The summed E-state index contributed by atoms with van der Waals surface area (Å²) >= 11 is 3.55. The third-order valence-electron chi connectivity index (χ3n) is 5.94. The zero-order valence-electron chi connectivity index (χ0n) is 17.4. The second kappa shape index (κ2) is 8.80. The van der Waals surface area contributed by atoms with Crippen molar-refractivity contribution in [2.24, 2.45) is 0 Å². The van der Waals surface area contributed by atoms with E-state index in [0.717, 1.165) is 63.9 Å². The van der Waals surface area contributed by atoms with E-state index in [9.17, 15) is 5.11 Å². The van der Waals surface area contributed by atoms with E-state index in [1.165, 1.54) is 6.33 Å². The van der Waals surface area contributed by atoms with Crippen molar-refractivity contribution in [2.75, 3.05) is 23.8 Å². The van der Waals surface area contributed by atoms with Crippen LogP contribution >= 0.6 is 15.9 Å². The van der Waals surface area contributed by atoms with E-state index in [0.29, 0.717) is 11.5 Å². The maximum Gasteiger partial charge on any atom is 0.165 e. The molecule has 8 heteroatoms. The van der Waals surface area contributed by atoms with E-state index in [4.69, 9.17) is 15.7 Å². The van der Waals surface area contributed by atoms with Gasteiger partial charge in [0.15, 0.2) is 5.65 Å². The molecule has 5 rings (SSSR count). The summed E-state index contributed by atoms with van der Waals surface area (Å²) in [4.78, 5) is 20.2. The number of aliphatic hydroxyl groups is 1. The first-order chi connectivity index (χ1) is 15.6. The summed E-state index contributed by atoms with van der Waals surface area (Å²) in [5, 5.41) is 10.5. The average molecular weight is 491 g/mol. The summed E-state index contributed by atoms with van der Waals surface area (Å²) in [5.41, 5.74) is 10.3. The van der Waals surface area contributed by atoms with Gasteiger partial charge in [-0.25, -0.2) is 19.9 Å². The highest BCUT2D eigenvalue weighted by Crippen LogP contribution is 2.35. The molecule has 4 aromatic rings. The Balaban J connectivity index is 1.59. The van der Waals surface area contributed by atoms with Crippen molar-refractivity contribution in [3.63, 3.8) is 0 Å². The highest BCUT2D eigenvalue weighted by atomic mass is 79.9. The quantitative estimate of drug-likeness (QED) is 0.435. The SMILES string of the molecule is Nc1ncnc2nc(-c3ccc(N4CCCCC4CO)nc3)cc(-c3cccc(Br)c3)c12. The first-order valence-electron chi connectivity index (χ1n) is 10.6. The van der Waals surface area contributed by atoms with Crippen molar-refractivity contribution >= 4 is 38.6 Å². The van der Waals surface area contributed by atoms with Crippen molar-refractivity contribution < 1.29 is 5.11 Å². The van der Waals surface area contributed by atoms with Crippen LogP contribution in [0.1, 0.15) is 19.3 Å². The monoisotopic (exact) mass is 490 g/mol. The fraction of sp³-hybridized carbons (Fsp3) is 0.250. The van der Waals surface area contributed by atoms with E-state index in [-0.39, 0.29) is 12.6 Å². The molecule has 0 bridgehead atoms. The Bertz CT molecular complexity index is 1260. The zero-order valence-corrected chi connectivity index (χ0v) is 19.0. The maximum absolute atomic E-state index is 9.73. The summed E-state index contributed by atoms with van der Waals surface area (Å²) in [6, 6.07) is 14.2. The van der Waals surface area contributed by atoms with Gasteiger partial charge in [-0.15, -0.1) is 0 Å². The van der Waals surface area contributed by atoms with Crippen LogP contribution < -0.4 is 10.6 Å². The second-order valence-electron chi connectivity index (χ2n) is 7.95. The lowest BCUT2D eigenvalue weighted by Crippen LogP contribution is -2.42. The van der Waals surface area contributed by atoms with Crippen molar-refractivity contribution in [3.05, 3.63) is 59.5 Å². The number of pyridine rings is 2. The number of nitrogens with zero attached hydrogens (tertiary/aromatic N) is 5. The third kappa shape index (κ3) is 3.91. The Morgan fingerprint density at radius 1 is 1.06 bits per heavy atom. The van der Waals surface area contributed by atoms with E-state index < -0.39 is 0 Å². The fourth-order valence-electron chi connectivity index (χ4n) is 4.32. The van der Waals surface area contributed by atoms with Crippen LogP contribution in [-0.2, 0) is 0 Å². The molecule has 1 aromatic carbocycles. The molecule has 4 heterocycles. The molecule has 0 amide bonds. The number of fused-ring (bicyclic) bond motifs is 1. The van der Waals surface area contributed by atoms with Crippen LogP contribution in [0.25, 0.3) is 33.4 Å². The molecule has 0 spiro atoms. The number of benzene rings is 1. The van der Waals surface area contributed by atoms with Gasteiger partial charge in [-0.2, -0.15) is 0 Å². The van der Waals surface area contributed by atoms with Gasteiger partial charge in [-0.05, 0) is 60.7 Å². The lowest BCUT2D eigenvalue weighted by Gasteiger charge is -2.35. The molecule has 7 nitrogen and oxygen atoms in total. The summed E-state index contributed by atoms with van der Waals surface area (Å²) < 4.78 is 0.975. The number of aliphatic hydroxyl groups excluding tert-OH is 1. The normalized spacial score (nSPS) is 16.4. The lowest BCUT2D eigenvalue weighted by molar-refractivity contribution is 0.239. The molecule has 3 N–H and O–H groups in total. The molecule has 3 aromatic heterocycles. The van der Waals surface area contributed by atoms with E-state index >= 15 is 0 Å². The van der Waals surface area contributed by atoms with E-state index in [2.05, 4.69) is 30.8 Å². The van der Waals surface area contributed by atoms with Gasteiger partial charge in [0.25, 0.3) is 0 Å². The summed E-state index contributed by atoms with van der Waals surface area (Å²) in [6.45, 7) is 1.06. The third-order valence-corrected chi connectivity index (χ3v) is 6.44. The van der Waals surface area contributed by atoms with Crippen LogP contribution in [0.15, 0.2) is 59.5 Å². The van der Waals surface area contributed by atoms with Crippen LogP contribution in [0.3, 0.4) is 0 Å². The molecule has 1 saturated heterocycles. The minimum Gasteiger partial charge on any atom is -0.394 e. The molecule has 162 valence electrons. The van der Waals surface area contributed by atoms with Crippen LogP contribution in [0, 0.1) is 0 Å². The number of hydrogen-bond donors (Lipinski definition) is 2. The Labute approximate surface area is 194 Å². The number of nitrogens with two attached hydrogens (primary N) is 1. The molecule has 0 radical (unpaired) electrons. The van der Waals surface area contributed by atoms with Crippen LogP contribution in [0.5, 0.6) is 0 Å². The molecule has 32 heavy (non-hydrogen) atoms. The first-order valence-corrected chi connectivity index (χ1v) is 11.4. The van der Waals surface area contributed by atoms with Crippen LogP contribution in [0.4, 0.5) is 11.6 Å². The van der Waals surface area contributed by atoms with Gasteiger partial charge in [-0.3, -0.25) is 0 Å². The van der Waals surface area contributed by atoms with Gasteiger partial charge in [0.2, 0.25) is 0 Å². The lowest BCUT2D eigenvalue weighted by atomic mass is 10.00. The van der Waals surface area contributed by atoms with E-state index in [1.54, 1.807) is 0 Å². The highest BCUT2D eigenvalue weighted by Gasteiger charge is 2.23. The van der Waals surface area contributed by atoms with Gasteiger partial charge in [0.1, 0.15) is 18.0 Å². The molecule has 1 aliphatic heterocycles. The largest absolute Gasteiger partial charge is 0.394 e. The van der Waals surface area contributed by atoms with E-state index in [1.807, 2.05) is 48.7 Å². The van der Waals surface area contributed by atoms with Crippen molar-refractivity contribution in [3.8, 4) is 22.4 Å². The van der Waals surface area contributed by atoms with Crippen LogP contribution in [0.2, 0.25) is 0 Å². The number of aromatic nitrogens is 4. The molecule has 0 aliphatic carbocycles. The number of anilines is 2. The van der Waals surface area contributed by atoms with Gasteiger partial charge in [0, 0.05) is 22.8 Å². The maximum atomic E-state index is 9.73. The number of nitrogen functional groups attached to an aromatic ring is 1. The fourth-order valence-corrected chi connectivity index (χ4v) is 4.72. The Hall–Kier alpha value is -3.10. The Morgan fingerprint density at radius 3 is 2.75 bits per heavy atom. The molecule has 1 fully saturated rings. The summed E-state index contributed by atoms with van der Waals surface area (Å²) in [5.74, 6) is 1.28. The number of piperidine rings is 1. The highest BCUT2D eigenvalue weighted by molar-refractivity contribution is 9.10. The first kappa shape index (κ1) is 20.8. The van der Waals surface area contributed by atoms with Gasteiger partial charge < -0.3 is 15.7 Å². The molecular formula is C24H23BrN6O. The molecule has 1 unspecified atom stereocenters. The summed E-state index contributed by atoms with van der Waals surface area (Å²) in [7, 11) is 0. The average Bonchev–Trinajstić information content (AvgIpc) is 2.83. The number of hydrogen-bond acceptors (Lipinski definition) is 7. The minimum atomic E-state index is 0.128. The number of halogens is 1. The molecule has 1 aliphatic rings. The number of rotatable bonds is 4. The van der Waals surface area contributed by atoms with Gasteiger partial charge in [0.05, 0.1) is 23.7 Å². The van der Waals surface area contributed by atoms with Crippen molar-refractivity contribution in [1.82, 2.24) is 19.9 Å².